The number of nitrogens with zero attached hydrogens (tertiary/aromatic N) is 1. The molecular formula is C27H22ClNO4S. The second kappa shape index (κ2) is 11.1. The summed E-state index contributed by atoms with van der Waals surface area (Å²) in [5.41, 5.74) is 2.55. The zero-order valence-electron chi connectivity index (χ0n) is 18.4. The van der Waals surface area contributed by atoms with Gasteiger partial charge in [-0.15, -0.1) is 0 Å². The molecule has 3 aromatic carbocycles. The van der Waals surface area contributed by atoms with Crippen molar-refractivity contribution in [3.05, 3.63) is 111 Å². The van der Waals surface area contributed by atoms with Crippen molar-refractivity contribution in [1.29, 1.82) is 0 Å². The Morgan fingerprint density at radius 2 is 1.82 bits per heavy atom. The molecule has 1 heterocycles. The van der Waals surface area contributed by atoms with Gasteiger partial charge in [0.25, 0.3) is 0 Å². The monoisotopic (exact) mass is 491 g/mol. The van der Waals surface area contributed by atoms with E-state index in [2.05, 4.69) is 4.99 Å². The lowest BCUT2D eigenvalue weighted by Gasteiger charge is -2.06. The predicted octanol–water partition coefficient (Wildman–Crippen LogP) is 7.11. The maximum absolute atomic E-state index is 12.6. The first-order chi connectivity index (χ1) is 16.5. The maximum Gasteiger partial charge on any atom is 0.344 e. The van der Waals surface area contributed by atoms with Gasteiger partial charge in [-0.25, -0.2) is 9.79 Å². The number of halogens is 1. The number of esters is 1. The second-order valence-corrected chi connectivity index (χ2v) is 8.76. The number of ether oxygens (including phenoxy) is 2. The summed E-state index contributed by atoms with van der Waals surface area (Å²) >= 11 is 7.26. The highest BCUT2D eigenvalue weighted by atomic mass is 35.5. The fraction of sp³-hybridized carbons (Fsp3) is 0.111. The van der Waals surface area contributed by atoms with Gasteiger partial charge in [0.05, 0.1) is 17.2 Å². The van der Waals surface area contributed by atoms with Crippen molar-refractivity contribution < 1.29 is 19.4 Å². The van der Waals surface area contributed by atoms with Crippen LogP contribution < -0.4 is 4.74 Å². The van der Waals surface area contributed by atoms with Gasteiger partial charge in [0, 0.05) is 5.02 Å². The normalized spacial score (nSPS) is 15.7. The number of thioether (sulfide) groups is 1. The van der Waals surface area contributed by atoms with E-state index in [4.69, 9.17) is 21.1 Å². The molecule has 0 saturated carbocycles. The van der Waals surface area contributed by atoms with Gasteiger partial charge in [0.15, 0.2) is 0 Å². The highest BCUT2D eigenvalue weighted by Gasteiger charge is 2.33. The Morgan fingerprint density at radius 1 is 1.06 bits per heavy atom. The smallest absolute Gasteiger partial charge is 0.344 e. The van der Waals surface area contributed by atoms with Crippen LogP contribution in [-0.4, -0.2) is 22.7 Å². The largest absolute Gasteiger partial charge is 0.506 e. The molecule has 1 aliphatic rings. The van der Waals surface area contributed by atoms with Gasteiger partial charge in [-0.2, -0.15) is 0 Å². The fourth-order valence-electron chi connectivity index (χ4n) is 3.21. The summed E-state index contributed by atoms with van der Waals surface area (Å²) in [6.45, 7) is 2.38. The van der Waals surface area contributed by atoms with Crippen molar-refractivity contribution in [2.45, 2.75) is 13.5 Å². The van der Waals surface area contributed by atoms with Crippen LogP contribution in [0.1, 0.15) is 18.1 Å². The third kappa shape index (κ3) is 5.90. The van der Waals surface area contributed by atoms with E-state index in [0.29, 0.717) is 27.3 Å². The Kier molecular flexibility index (Phi) is 7.72. The quantitative estimate of drug-likeness (QED) is 0.356. The molecule has 0 unspecified atom stereocenters. The number of aliphatic hydroxyl groups is 1. The van der Waals surface area contributed by atoms with E-state index >= 15 is 0 Å². The number of rotatable bonds is 7. The third-order valence-corrected chi connectivity index (χ3v) is 6.09. The Hall–Kier alpha value is -3.48. The molecule has 3 aromatic rings. The topological polar surface area (TPSA) is 68.1 Å². The lowest BCUT2D eigenvalue weighted by atomic mass is 10.1. The van der Waals surface area contributed by atoms with Crippen LogP contribution in [-0.2, 0) is 16.1 Å². The molecule has 0 bridgehead atoms. The number of aliphatic imine (C=N–C) groups is 1. The van der Waals surface area contributed by atoms with Gasteiger partial charge < -0.3 is 14.6 Å². The van der Waals surface area contributed by atoms with Gasteiger partial charge in [-0.1, -0.05) is 71.9 Å². The molecule has 4 rings (SSSR count). The Bertz CT molecular complexity index is 1270. The summed E-state index contributed by atoms with van der Waals surface area (Å²) in [6, 6.07) is 24.4. The van der Waals surface area contributed by atoms with Crippen LogP contribution in [0.25, 0.3) is 6.08 Å². The first kappa shape index (κ1) is 23.7. The molecule has 0 spiro atoms. The van der Waals surface area contributed by atoms with E-state index < -0.39 is 5.97 Å². The zero-order chi connectivity index (χ0) is 23.9. The molecule has 7 heteroatoms. The molecule has 0 aliphatic carbocycles. The number of carbonyl (C=O) groups excluding carboxylic acids is 1. The van der Waals surface area contributed by atoms with Crippen molar-refractivity contribution in [2.24, 2.45) is 4.99 Å². The first-order valence-corrected chi connectivity index (χ1v) is 11.8. The van der Waals surface area contributed by atoms with Crippen molar-refractivity contribution in [2.75, 3.05) is 6.61 Å². The minimum Gasteiger partial charge on any atom is -0.506 e. The molecule has 1 aliphatic heterocycles. The molecule has 34 heavy (non-hydrogen) atoms. The third-order valence-electron chi connectivity index (χ3n) is 4.84. The number of hydrogen-bond acceptors (Lipinski definition) is 6. The van der Waals surface area contributed by atoms with Crippen LogP contribution in [0.2, 0.25) is 5.02 Å². The summed E-state index contributed by atoms with van der Waals surface area (Å²) in [7, 11) is 0. The van der Waals surface area contributed by atoms with Gasteiger partial charge in [-0.3, -0.25) is 0 Å². The lowest BCUT2D eigenvalue weighted by Crippen LogP contribution is -2.12. The SMILES string of the molecule is CCOC(=O)C1=C(O)/C(=C\c2ccc(OCc3ccccc3)cc2)SC1=Nc1cccc(Cl)c1. The molecular weight excluding hydrogens is 470 g/mol. The van der Waals surface area contributed by atoms with Crippen LogP contribution in [0.3, 0.4) is 0 Å². The molecule has 5 nitrogen and oxygen atoms in total. The van der Waals surface area contributed by atoms with Crippen LogP contribution in [0.15, 0.2) is 100 Å². The first-order valence-electron chi connectivity index (χ1n) is 10.6. The van der Waals surface area contributed by atoms with Crippen molar-refractivity contribution >= 4 is 46.1 Å². The average molecular weight is 492 g/mol. The summed E-state index contributed by atoms with van der Waals surface area (Å²) in [4.78, 5) is 17.6. The van der Waals surface area contributed by atoms with Crippen molar-refractivity contribution in [1.82, 2.24) is 0 Å². The number of aliphatic hydroxyl groups excluding tert-OH is 1. The lowest BCUT2D eigenvalue weighted by molar-refractivity contribution is -0.138. The van der Waals surface area contributed by atoms with E-state index in [1.54, 1.807) is 37.3 Å². The molecule has 1 N–H and O–H groups in total. The van der Waals surface area contributed by atoms with Gasteiger partial charge in [0.1, 0.15) is 28.7 Å². The molecule has 172 valence electrons. The maximum atomic E-state index is 12.6. The highest BCUT2D eigenvalue weighted by Crippen LogP contribution is 2.40. The minimum absolute atomic E-state index is 0.0425. The van der Waals surface area contributed by atoms with Crippen LogP contribution in [0.5, 0.6) is 5.75 Å². The van der Waals surface area contributed by atoms with E-state index in [9.17, 15) is 9.90 Å². The summed E-state index contributed by atoms with van der Waals surface area (Å²) in [5, 5.41) is 11.7. The fourth-order valence-corrected chi connectivity index (χ4v) is 4.43. The number of benzene rings is 3. The zero-order valence-corrected chi connectivity index (χ0v) is 20.0. The Balaban J connectivity index is 1.56. The molecule has 0 amide bonds. The molecule has 0 saturated heterocycles. The molecule has 0 atom stereocenters. The molecule has 0 fully saturated rings. The van der Waals surface area contributed by atoms with Gasteiger partial charge in [0.2, 0.25) is 0 Å². The Labute approximate surface area is 207 Å². The predicted molar refractivity (Wildman–Crippen MR) is 138 cm³/mol. The minimum atomic E-state index is -0.624. The number of hydrogen-bond donors (Lipinski definition) is 1. The standard InChI is InChI=1S/C27H22ClNO4S/c1-2-32-27(31)24-25(30)23(34-26(24)29-21-10-6-9-20(28)16-21)15-18-11-13-22(14-12-18)33-17-19-7-4-3-5-8-19/h3-16,30H,2,17H2,1H3/b23-15+,29-26?. The van der Waals surface area contributed by atoms with Crippen LogP contribution in [0, 0.1) is 0 Å². The summed E-state index contributed by atoms with van der Waals surface area (Å²) in [6.07, 6.45) is 1.79. The Morgan fingerprint density at radius 3 is 2.53 bits per heavy atom. The van der Waals surface area contributed by atoms with E-state index in [-0.39, 0.29) is 17.9 Å². The summed E-state index contributed by atoms with van der Waals surface area (Å²) < 4.78 is 11.0. The molecule has 0 aromatic heterocycles. The van der Waals surface area contributed by atoms with E-state index in [1.807, 2.05) is 54.6 Å². The van der Waals surface area contributed by atoms with E-state index in [0.717, 1.165) is 16.9 Å². The van der Waals surface area contributed by atoms with Gasteiger partial charge in [-0.05, 0) is 54.5 Å². The van der Waals surface area contributed by atoms with E-state index in [1.165, 1.54) is 11.8 Å². The van der Waals surface area contributed by atoms with Gasteiger partial charge >= 0.3 is 5.97 Å². The average Bonchev–Trinajstić information content (AvgIpc) is 3.14. The van der Waals surface area contributed by atoms with Crippen LogP contribution >= 0.6 is 23.4 Å². The van der Waals surface area contributed by atoms with Crippen LogP contribution in [0.4, 0.5) is 5.69 Å². The van der Waals surface area contributed by atoms with Crippen molar-refractivity contribution in [3.63, 3.8) is 0 Å². The second-order valence-electron chi connectivity index (χ2n) is 7.29. The summed E-state index contributed by atoms with van der Waals surface area (Å²) in [5.74, 6) is -0.0461. The number of carbonyl (C=O) groups is 1. The highest BCUT2D eigenvalue weighted by molar-refractivity contribution is 8.18. The van der Waals surface area contributed by atoms with Crippen molar-refractivity contribution in [3.8, 4) is 5.75 Å². The molecule has 0 radical (unpaired) electrons.